The summed E-state index contributed by atoms with van der Waals surface area (Å²) >= 11 is 0. The van der Waals surface area contributed by atoms with Gasteiger partial charge in [0.1, 0.15) is 6.29 Å². The van der Waals surface area contributed by atoms with Gasteiger partial charge in [0.15, 0.2) is 8.32 Å². The first-order valence-corrected chi connectivity index (χ1v) is 14.2. The lowest BCUT2D eigenvalue weighted by atomic mass is 9.99. The van der Waals surface area contributed by atoms with E-state index in [1.165, 1.54) is 70.6 Å². The third kappa shape index (κ3) is 11.5. The number of carbonyl (C=O) groups is 1. The molecule has 0 aromatic heterocycles. The summed E-state index contributed by atoms with van der Waals surface area (Å²) in [5.74, 6) is 0.00671. The fourth-order valence-corrected chi connectivity index (χ4v) is 4.52. The third-order valence-electron chi connectivity index (χ3n) is 6.15. The highest BCUT2D eigenvalue weighted by atomic mass is 28.4. The molecule has 0 aliphatic carbocycles. The van der Waals surface area contributed by atoms with Crippen molar-refractivity contribution in [3.05, 3.63) is 0 Å². The van der Waals surface area contributed by atoms with Crippen LogP contribution in [0.15, 0.2) is 0 Å². The summed E-state index contributed by atoms with van der Waals surface area (Å²) < 4.78 is 6.55. The zero-order valence-electron chi connectivity index (χ0n) is 19.0. The van der Waals surface area contributed by atoms with Crippen LogP contribution >= 0.6 is 0 Å². The Kier molecular flexibility index (Phi) is 13.8. The van der Waals surface area contributed by atoms with E-state index in [1.807, 2.05) is 6.92 Å². The zero-order valence-corrected chi connectivity index (χ0v) is 20.0. The lowest BCUT2D eigenvalue weighted by Crippen LogP contribution is -2.45. The van der Waals surface area contributed by atoms with Gasteiger partial charge in [0, 0.05) is 5.92 Å². The number of hydrogen-bond donors (Lipinski definition) is 0. The molecule has 0 aliphatic rings. The average Bonchev–Trinajstić information content (AvgIpc) is 2.56. The first-order chi connectivity index (χ1) is 12.2. The molecule has 0 heterocycles. The minimum absolute atomic E-state index is 0.00671. The minimum atomic E-state index is -1.81. The lowest BCUT2D eigenvalue weighted by molar-refractivity contribution is -0.113. The van der Waals surface area contributed by atoms with Crippen molar-refractivity contribution in [1.82, 2.24) is 0 Å². The van der Waals surface area contributed by atoms with E-state index in [4.69, 9.17) is 4.43 Å². The third-order valence-corrected chi connectivity index (χ3v) is 10.6. The van der Waals surface area contributed by atoms with E-state index in [0.717, 1.165) is 12.7 Å². The maximum atomic E-state index is 11.3. The lowest BCUT2D eigenvalue weighted by Gasteiger charge is -2.40. The first-order valence-electron chi connectivity index (χ1n) is 11.3. The second kappa shape index (κ2) is 13.9. The largest absolute Gasteiger partial charge is 0.413 e. The number of carbonyl (C=O) groups excluding carboxylic acids is 1. The van der Waals surface area contributed by atoms with Gasteiger partial charge in [0.05, 0.1) is 6.10 Å². The number of aldehydes is 1. The molecule has 0 aromatic rings. The van der Waals surface area contributed by atoms with Gasteiger partial charge in [-0.3, -0.25) is 0 Å². The second-order valence-corrected chi connectivity index (χ2v) is 14.5. The van der Waals surface area contributed by atoms with Crippen molar-refractivity contribution in [2.75, 3.05) is 0 Å². The molecule has 0 spiro atoms. The van der Waals surface area contributed by atoms with E-state index in [0.29, 0.717) is 0 Å². The van der Waals surface area contributed by atoms with Gasteiger partial charge in [-0.1, -0.05) is 105 Å². The molecule has 0 aliphatic heterocycles. The molecular weight excluding hydrogens is 336 g/mol. The van der Waals surface area contributed by atoms with Gasteiger partial charge in [0.2, 0.25) is 0 Å². The van der Waals surface area contributed by atoms with Crippen molar-refractivity contribution < 1.29 is 9.22 Å². The Balaban J connectivity index is 3.97. The van der Waals surface area contributed by atoms with Crippen LogP contribution in [-0.4, -0.2) is 20.7 Å². The molecule has 0 radical (unpaired) electrons. The van der Waals surface area contributed by atoms with Crippen LogP contribution in [0.2, 0.25) is 18.1 Å². The number of unbranched alkanes of at least 4 members (excludes halogenated alkanes) is 10. The summed E-state index contributed by atoms with van der Waals surface area (Å²) in [4.78, 5) is 11.3. The highest BCUT2D eigenvalue weighted by Crippen LogP contribution is 2.38. The normalized spacial score (nSPS) is 15.0. The van der Waals surface area contributed by atoms with Crippen LogP contribution in [0.3, 0.4) is 0 Å². The fourth-order valence-electron chi connectivity index (χ4n) is 3.08. The molecule has 0 rings (SSSR count). The summed E-state index contributed by atoms with van der Waals surface area (Å²) in [5, 5.41) is 0.199. The maximum Gasteiger partial charge on any atom is 0.192 e. The Labute approximate surface area is 166 Å². The summed E-state index contributed by atoms with van der Waals surface area (Å²) in [6.07, 6.45) is 17.2. The summed E-state index contributed by atoms with van der Waals surface area (Å²) in [6, 6.07) is 0. The van der Waals surface area contributed by atoms with Gasteiger partial charge in [-0.25, -0.2) is 0 Å². The van der Waals surface area contributed by atoms with Gasteiger partial charge in [-0.2, -0.15) is 0 Å². The van der Waals surface area contributed by atoms with Crippen LogP contribution < -0.4 is 0 Å². The van der Waals surface area contributed by atoms with E-state index < -0.39 is 8.32 Å². The SMILES string of the molecule is CCCCCCCCCCCCC[C@@H](O[Si](C)(C)C(C)(C)C)[C@H](C)C=O. The van der Waals surface area contributed by atoms with Crippen molar-refractivity contribution in [2.45, 2.75) is 136 Å². The van der Waals surface area contributed by atoms with Crippen molar-refractivity contribution in [3.63, 3.8) is 0 Å². The van der Waals surface area contributed by atoms with E-state index in [9.17, 15) is 4.79 Å². The fraction of sp³-hybridized carbons (Fsp3) is 0.957. The topological polar surface area (TPSA) is 26.3 Å². The molecule has 2 atom stereocenters. The Morgan fingerprint density at radius 3 is 1.65 bits per heavy atom. The van der Waals surface area contributed by atoms with Crippen LogP contribution in [0.4, 0.5) is 0 Å². The van der Waals surface area contributed by atoms with E-state index in [-0.39, 0.29) is 17.1 Å². The highest BCUT2D eigenvalue weighted by molar-refractivity contribution is 6.74. The van der Waals surface area contributed by atoms with E-state index in [2.05, 4.69) is 40.8 Å². The smallest absolute Gasteiger partial charge is 0.192 e. The van der Waals surface area contributed by atoms with Crippen LogP contribution in [-0.2, 0) is 9.22 Å². The van der Waals surface area contributed by atoms with Crippen LogP contribution in [0.25, 0.3) is 0 Å². The van der Waals surface area contributed by atoms with E-state index >= 15 is 0 Å². The molecule has 0 amide bonds. The van der Waals surface area contributed by atoms with E-state index in [1.54, 1.807) is 0 Å². The van der Waals surface area contributed by atoms with Crippen LogP contribution in [0.1, 0.15) is 112 Å². The Hall–Kier alpha value is -0.153. The van der Waals surface area contributed by atoms with Crippen molar-refractivity contribution in [3.8, 4) is 0 Å². The Morgan fingerprint density at radius 2 is 1.27 bits per heavy atom. The molecule has 0 N–H and O–H groups in total. The summed E-state index contributed by atoms with van der Waals surface area (Å²) in [6.45, 7) is 15.7. The molecule has 0 saturated carbocycles. The predicted octanol–water partition coefficient (Wildman–Crippen LogP) is 7.91. The molecule has 0 aromatic carbocycles. The molecule has 3 heteroatoms. The average molecular weight is 385 g/mol. The summed E-state index contributed by atoms with van der Waals surface area (Å²) in [7, 11) is -1.81. The molecule has 0 unspecified atom stereocenters. The quantitative estimate of drug-likeness (QED) is 0.153. The molecule has 156 valence electrons. The van der Waals surface area contributed by atoms with Crippen molar-refractivity contribution in [1.29, 1.82) is 0 Å². The van der Waals surface area contributed by atoms with Gasteiger partial charge in [-0.15, -0.1) is 0 Å². The molecule has 0 saturated heterocycles. The number of hydrogen-bond acceptors (Lipinski definition) is 2. The van der Waals surface area contributed by atoms with Gasteiger partial charge in [-0.05, 0) is 24.6 Å². The standard InChI is InChI=1S/C23H48O2Si/c1-8-9-10-11-12-13-14-15-16-17-18-19-22(21(2)20-24)25-26(6,7)23(3,4)5/h20-22H,8-19H2,1-7H3/t21-,22-/m1/s1. The molecule has 26 heavy (non-hydrogen) atoms. The zero-order chi connectivity index (χ0) is 20.1. The van der Waals surface area contributed by atoms with Gasteiger partial charge < -0.3 is 9.22 Å². The Bertz CT molecular complexity index is 347. The van der Waals surface area contributed by atoms with Crippen LogP contribution in [0.5, 0.6) is 0 Å². The first kappa shape index (κ1) is 25.8. The van der Waals surface area contributed by atoms with Crippen molar-refractivity contribution in [2.24, 2.45) is 5.92 Å². The van der Waals surface area contributed by atoms with Crippen LogP contribution in [0, 0.1) is 5.92 Å². The molecule has 0 fully saturated rings. The monoisotopic (exact) mass is 384 g/mol. The maximum absolute atomic E-state index is 11.3. The molecule has 0 bridgehead atoms. The Morgan fingerprint density at radius 1 is 0.846 bits per heavy atom. The second-order valence-electron chi connectivity index (χ2n) is 9.74. The summed E-state index contributed by atoms with van der Waals surface area (Å²) in [5.41, 5.74) is 0. The van der Waals surface area contributed by atoms with Crippen molar-refractivity contribution >= 4 is 14.6 Å². The number of rotatable bonds is 16. The minimum Gasteiger partial charge on any atom is -0.413 e. The molecular formula is C23H48O2Si. The highest BCUT2D eigenvalue weighted by Gasteiger charge is 2.39. The van der Waals surface area contributed by atoms with Gasteiger partial charge >= 0.3 is 0 Å². The predicted molar refractivity (Wildman–Crippen MR) is 118 cm³/mol. The van der Waals surface area contributed by atoms with Gasteiger partial charge in [0.25, 0.3) is 0 Å². The molecule has 2 nitrogen and oxygen atoms in total.